The molecule has 0 aromatic carbocycles. The number of carbonyl (C=O) groups excluding carboxylic acids is 1. The van der Waals surface area contributed by atoms with Crippen LogP contribution >= 0.6 is 7.82 Å². The van der Waals surface area contributed by atoms with Crippen LogP contribution in [0.3, 0.4) is 0 Å². The van der Waals surface area contributed by atoms with Crippen LogP contribution in [0.5, 0.6) is 0 Å². The van der Waals surface area contributed by atoms with E-state index in [4.69, 9.17) is 43.7 Å². The van der Waals surface area contributed by atoms with Gasteiger partial charge in [0.2, 0.25) is 0 Å². The molecular formula is C18H31B2O9P. The molecule has 168 valence electrons. The molecule has 2 aliphatic rings. The third-order valence-electron chi connectivity index (χ3n) is 4.89. The molecule has 0 aromatic heterocycles. The molecule has 0 saturated carbocycles. The van der Waals surface area contributed by atoms with Gasteiger partial charge in [-0.3, -0.25) is 13.8 Å². The highest BCUT2D eigenvalue weighted by Crippen LogP contribution is 2.50. The Balaban J connectivity index is 2.04. The minimum absolute atomic E-state index is 0.0266. The van der Waals surface area contributed by atoms with E-state index in [1.54, 1.807) is 13.8 Å². The van der Waals surface area contributed by atoms with Gasteiger partial charge in [-0.1, -0.05) is 0 Å². The fourth-order valence-electron chi connectivity index (χ4n) is 3.50. The molecule has 12 heteroatoms. The zero-order valence-electron chi connectivity index (χ0n) is 18.2. The van der Waals surface area contributed by atoms with Crippen molar-refractivity contribution in [3.05, 3.63) is 0 Å². The molecule has 1 N–H and O–H groups in total. The number of Topliss-reactive ketones (excluding diaryl/α,β-unsaturated/α-hetero) is 1. The smallest absolute Gasteiger partial charge is 0.380 e. The third-order valence-corrected chi connectivity index (χ3v) is 5.89. The van der Waals surface area contributed by atoms with Crippen molar-refractivity contribution in [2.75, 3.05) is 13.2 Å². The van der Waals surface area contributed by atoms with E-state index in [2.05, 4.69) is 0 Å². The average molecular weight is 444 g/mol. The molecule has 0 spiro atoms. The zero-order chi connectivity index (χ0) is 22.7. The van der Waals surface area contributed by atoms with Crippen LogP contribution in [-0.4, -0.2) is 87.7 Å². The Kier molecular flexibility index (Phi) is 9.17. The quantitative estimate of drug-likeness (QED) is 0.372. The monoisotopic (exact) mass is 444 g/mol. The van der Waals surface area contributed by atoms with E-state index in [-0.39, 0.29) is 37.9 Å². The number of hydrogen-bond acceptors (Lipinski definition) is 8. The Bertz CT molecular complexity index is 635. The van der Waals surface area contributed by atoms with Gasteiger partial charge >= 0.3 is 7.82 Å². The van der Waals surface area contributed by atoms with Crippen molar-refractivity contribution in [3.63, 3.8) is 0 Å². The highest BCUT2D eigenvalue weighted by molar-refractivity contribution is 7.47. The summed E-state index contributed by atoms with van der Waals surface area (Å²) >= 11 is 0. The Morgan fingerprint density at radius 3 is 2.43 bits per heavy atom. The van der Waals surface area contributed by atoms with E-state index in [0.717, 1.165) is 0 Å². The highest BCUT2D eigenvalue weighted by atomic mass is 31.2. The molecule has 0 bridgehead atoms. The number of carbonyl (C=O) groups is 1. The van der Waals surface area contributed by atoms with Crippen molar-refractivity contribution in [1.29, 1.82) is 0 Å². The second kappa shape index (κ2) is 10.6. The summed E-state index contributed by atoms with van der Waals surface area (Å²) in [5.41, 5.74) is -1.60. The molecule has 2 rings (SSSR count). The van der Waals surface area contributed by atoms with Crippen LogP contribution in [0.15, 0.2) is 0 Å². The van der Waals surface area contributed by atoms with Gasteiger partial charge in [0.05, 0.1) is 31.5 Å². The van der Waals surface area contributed by atoms with Crippen LogP contribution in [-0.2, 0) is 37.4 Å². The summed E-state index contributed by atoms with van der Waals surface area (Å²) < 4.78 is 45.5. The van der Waals surface area contributed by atoms with Crippen LogP contribution in [0.25, 0.3) is 0 Å². The molecule has 0 aromatic rings. The number of rotatable bonds is 11. The topological polar surface area (TPSA) is 110 Å². The number of ether oxygens (including phenoxy) is 4. The molecule has 0 amide bonds. The fourth-order valence-corrected chi connectivity index (χ4v) is 4.47. The van der Waals surface area contributed by atoms with Gasteiger partial charge in [-0.25, -0.2) is 4.57 Å². The number of ketones is 1. The van der Waals surface area contributed by atoms with E-state index < -0.39 is 43.4 Å². The number of phosphoric ester groups is 1. The van der Waals surface area contributed by atoms with E-state index in [9.17, 15) is 14.3 Å². The lowest BCUT2D eigenvalue weighted by Gasteiger charge is -2.33. The van der Waals surface area contributed by atoms with Gasteiger partial charge in [-0.2, -0.15) is 0 Å². The van der Waals surface area contributed by atoms with Crippen LogP contribution in [0.4, 0.5) is 0 Å². The van der Waals surface area contributed by atoms with Gasteiger partial charge in [0.15, 0.2) is 11.4 Å². The van der Waals surface area contributed by atoms with Crippen molar-refractivity contribution in [2.45, 2.75) is 95.6 Å². The minimum Gasteiger partial charge on any atom is -0.380 e. The molecule has 2 fully saturated rings. The SMILES string of the molecule is [B][C@H]1CC(OC(C)C)[C@@H](COP(=O)(O)OC2C[C@H]([B])O[C@@]2(COC(C)C)C(C)=O)O1. The van der Waals surface area contributed by atoms with Crippen LogP contribution in [0, 0.1) is 0 Å². The predicted octanol–water partition coefficient (Wildman–Crippen LogP) is 1.23. The largest absolute Gasteiger partial charge is 0.472 e. The first-order valence-electron chi connectivity index (χ1n) is 10.1. The summed E-state index contributed by atoms with van der Waals surface area (Å²) in [6, 6.07) is -1.41. The standard InChI is InChI=1S/C18H31B2O9P/c1-10(2)24-9-18(12(5)21)15(7-17(20)28-18)29-30(22,23)25-8-14-13(26-11(3)4)6-16(19)27-14/h10-11,13-17H,6-9H2,1-5H3,(H,22,23)/t13?,14-,15?,16-,17-,18+/m1/s1. The number of phosphoric acid groups is 1. The second-order valence-corrected chi connectivity index (χ2v) is 9.63. The van der Waals surface area contributed by atoms with E-state index in [1.807, 2.05) is 13.8 Å². The molecule has 7 atom stereocenters. The first-order chi connectivity index (χ1) is 13.8. The van der Waals surface area contributed by atoms with Crippen LogP contribution in [0.2, 0.25) is 0 Å². The van der Waals surface area contributed by atoms with Gasteiger partial charge < -0.3 is 23.8 Å². The van der Waals surface area contributed by atoms with Gasteiger partial charge in [-0.15, -0.1) is 0 Å². The zero-order valence-corrected chi connectivity index (χ0v) is 19.1. The maximum absolute atomic E-state index is 12.6. The lowest BCUT2D eigenvalue weighted by Crippen LogP contribution is -2.51. The van der Waals surface area contributed by atoms with Crippen molar-refractivity contribution in [2.24, 2.45) is 0 Å². The molecule has 3 unspecified atom stereocenters. The molecule has 2 heterocycles. The van der Waals surface area contributed by atoms with Crippen molar-refractivity contribution >= 4 is 29.3 Å². The fraction of sp³-hybridized carbons (Fsp3) is 0.944. The lowest BCUT2D eigenvalue weighted by molar-refractivity contribution is -0.159. The molecule has 9 nitrogen and oxygen atoms in total. The maximum atomic E-state index is 12.6. The van der Waals surface area contributed by atoms with Gasteiger partial charge in [0.1, 0.15) is 27.9 Å². The van der Waals surface area contributed by atoms with Gasteiger partial charge in [0.25, 0.3) is 0 Å². The summed E-state index contributed by atoms with van der Waals surface area (Å²) in [4.78, 5) is 22.6. The average Bonchev–Trinajstić information content (AvgIpc) is 3.10. The second-order valence-electron chi connectivity index (χ2n) is 8.23. The lowest BCUT2D eigenvalue weighted by atomic mass is 9.90. The molecule has 4 radical (unpaired) electrons. The first-order valence-corrected chi connectivity index (χ1v) is 11.6. The summed E-state index contributed by atoms with van der Waals surface area (Å²) in [5.74, 6) is -0.420. The van der Waals surface area contributed by atoms with E-state index in [0.29, 0.717) is 6.42 Å². The first kappa shape index (κ1) is 26.0. The Morgan fingerprint density at radius 1 is 1.20 bits per heavy atom. The molecule has 2 aliphatic heterocycles. The molecule has 2 saturated heterocycles. The Labute approximate surface area is 180 Å². The normalized spacial score (nSPS) is 36.5. The summed E-state index contributed by atoms with van der Waals surface area (Å²) in [5, 5.41) is 0. The predicted molar refractivity (Wildman–Crippen MR) is 109 cm³/mol. The van der Waals surface area contributed by atoms with Gasteiger partial charge in [0, 0.05) is 12.0 Å². The summed E-state index contributed by atoms with van der Waals surface area (Å²) in [6.45, 7) is 8.18. The van der Waals surface area contributed by atoms with Crippen molar-refractivity contribution < 1.29 is 42.2 Å². The molecular weight excluding hydrogens is 413 g/mol. The van der Waals surface area contributed by atoms with E-state index in [1.165, 1.54) is 6.92 Å². The number of hydrogen-bond donors (Lipinski definition) is 1. The highest BCUT2D eigenvalue weighted by Gasteiger charge is 2.54. The van der Waals surface area contributed by atoms with Gasteiger partial charge in [-0.05, 0) is 47.5 Å². The van der Waals surface area contributed by atoms with Crippen molar-refractivity contribution in [3.8, 4) is 0 Å². The minimum atomic E-state index is -4.59. The van der Waals surface area contributed by atoms with Crippen LogP contribution < -0.4 is 0 Å². The molecule has 0 aliphatic carbocycles. The maximum Gasteiger partial charge on any atom is 0.472 e. The Morgan fingerprint density at radius 2 is 1.87 bits per heavy atom. The van der Waals surface area contributed by atoms with E-state index >= 15 is 0 Å². The van der Waals surface area contributed by atoms with Crippen molar-refractivity contribution in [1.82, 2.24) is 0 Å². The summed E-state index contributed by atoms with van der Waals surface area (Å²) in [7, 11) is 7.06. The van der Waals surface area contributed by atoms with Crippen LogP contribution in [0.1, 0.15) is 47.5 Å². The third kappa shape index (κ3) is 6.87. The Hall–Kier alpha value is -0.250. The molecule has 30 heavy (non-hydrogen) atoms. The summed E-state index contributed by atoms with van der Waals surface area (Å²) in [6.07, 6.45) is -1.92.